The van der Waals surface area contributed by atoms with Crippen LogP contribution in [0.25, 0.3) is 11.1 Å². The van der Waals surface area contributed by atoms with Crippen molar-refractivity contribution in [1.82, 2.24) is 10.3 Å². The number of hydrogen-bond donors (Lipinski definition) is 1. The number of aromatic nitrogens is 1. The standard InChI is InChI=1S/C20H25FN2O2/c1-13(21)15-7-6-8-16(11-15)17-9-10-18(22-12-17)14(2)23-19(24)25-20(3,4)5/h6-14H,1-5H3,(H,23,24). The molecule has 1 aromatic heterocycles. The lowest BCUT2D eigenvalue weighted by molar-refractivity contribution is 0.0507. The minimum atomic E-state index is -1.01. The zero-order valence-electron chi connectivity index (χ0n) is 15.3. The first-order chi connectivity index (χ1) is 11.7. The zero-order chi connectivity index (χ0) is 18.6. The molecule has 0 aliphatic rings. The topological polar surface area (TPSA) is 51.2 Å². The third kappa shape index (κ3) is 5.55. The van der Waals surface area contributed by atoms with Gasteiger partial charge < -0.3 is 10.1 Å². The van der Waals surface area contributed by atoms with Gasteiger partial charge in [0.15, 0.2) is 0 Å². The Morgan fingerprint density at radius 1 is 1.16 bits per heavy atom. The second kappa shape index (κ2) is 7.64. The third-order valence-corrected chi connectivity index (χ3v) is 3.64. The highest BCUT2D eigenvalue weighted by Gasteiger charge is 2.18. The van der Waals surface area contributed by atoms with Crippen LogP contribution in [-0.2, 0) is 4.74 Å². The van der Waals surface area contributed by atoms with Crippen molar-refractivity contribution >= 4 is 6.09 Å². The van der Waals surface area contributed by atoms with Gasteiger partial charge >= 0.3 is 6.09 Å². The number of ether oxygens (including phenoxy) is 1. The first kappa shape index (κ1) is 18.9. The number of rotatable bonds is 4. The normalized spacial score (nSPS) is 13.8. The largest absolute Gasteiger partial charge is 0.444 e. The van der Waals surface area contributed by atoms with E-state index in [0.29, 0.717) is 5.56 Å². The van der Waals surface area contributed by atoms with Crippen molar-refractivity contribution in [2.75, 3.05) is 0 Å². The predicted molar refractivity (Wildman–Crippen MR) is 97.0 cm³/mol. The summed E-state index contributed by atoms with van der Waals surface area (Å²) in [7, 11) is 0. The van der Waals surface area contributed by atoms with Gasteiger partial charge in [-0.05, 0) is 57.9 Å². The molecule has 2 atom stereocenters. The number of halogens is 1. The molecule has 134 valence electrons. The van der Waals surface area contributed by atoms with Crippen LogP contribution in [0.15, 0.2) is 42.6 Å². The molecule has 2 aromatic rings. The molecule has 1 heterocycles. The summed E-state index contributed by atoms with van der Waals surface area (Å²) in [5, 5.41) is 2.76. The number of amides is 1. The zero-order valence-corrected chi connectivity index (χ0v) is 15.3. The van der Waals surface area contributed by atoms with Gasteiger partial charge in [-0.15, -0.1) is 0 Å². The minimum absolute atomic E-state index is 0.277. The molecule has 0 aliphatic carbocycles. The van der Waals surface area contributed by atoms with E-state index >= 15 is 0 Å². The molecular weight excluding hydrogens is 319 g/mol. The lowest BCUT2D eigenvalue weighted by Gasteiger charge is -2.21. The summed E-state index contributed by atoms with van der Waals surface area (Å²) in [6.07, 6.45) is 0.241. The molecule has 2 rings (SSSR count). The number of carbonyl (C=O) groups excluding carboxylic acids is 1. The number of nitrogens with one attached hydrogen (secondary N) is 1. The summed E-state index contributed by atoms with van der Waals surface area (Å²) in [6.45, 7) is 8.81. The van der Waals surface area contributed by atoms with E-state index in [4.69, 9.17) is 4.74 Å². The highest BCUT2D eigenvalue weighted by molar-refractivity contribution is 5.68. The lowest BCUT2D eigenvalue weighted by atomic mass is 10.0. The molecule has 2 unspecified atom stereocenters. The first-order valence-electron chi connectivity index (χ1n) is 8.35. The molecule has 0 fully saturated rings. The fraction of sp³-hybridized carbons (Fsp3) is 0.400. The maximum Gasteiger partial charge on any atom is 0.408 e. The third-order valence-electron chi connectivity index (χ3n) is 3.64. The number of carbonyl (C=O) groups is 1. The molecule has 0 saturated heterocycles. The van der Waals surface area contributed by atoms with Crippen molar-refractivity contribution in [1.29, 1.82) is 0 Å². The van der Waals surface area contributed by atoms with Gasteiger partial charge in [-0.2, -0.15) is 0 Å². The van der Waals surface area contributed by atoms with E-state index < -0.39 is 17.9 Å². The maximum absolute atomic E-state index is 13.5. The van der Waals surface area contributed by atoms with Gasteiger partial charge in [-0.3, -0.25) is 4.98 Å². The second-order valence-corrected chi connectivity index (χ2v) is 7.08. The van der Waals surface area contributed by atoms with Crippen molar-refractivity contribution in [2.24, 2.45) is 0 Å². The van der Waals surface area contributed by atoms with Crippen molar-refractivity contribution < 1.29 is 13.9 Å². The smallest absolute Gasteiger partial charge is 0.408 e. The van der Waals surface area contributed by atoms with Gasteiger partial charge in [-0.1, -0.05) is 24.3 Å². The van der Waals surface area contributed by atoms with Crippen LogP contribution < -0.4 is 5.32 Å². The van der Waals surface area contributed by atoms with Crippen LogP contribution in [0.2, 0.25) is 0 Å². The Kier molecular flexibility index (Phi) is 5.77. The summed E-state index contributed by atoms with van der Waals surface area (Å²) in [4.78, 5) is 16.3. The average molecular weight is 344 g/mol. The SMILES string of the molecule is CC(F)c1cccc(-c2ccc(C(C)NC(=O)OC(C)(C)C)nc2)c1. The minimum Gasteiger partial charge on any atom is -0.444 e. The Morgan fingerprint density at radius 2 is 1.88 bits per heavy atom. The average Bonchev–Trinajstić information content (AvgIpc) is 2.53. The molecule has 0 radical (unpaired) electrons. The Labute approximate surface area is 148 Å². The van der Waals surface area contributed by atoms with E-state index in [2.05, 4.69) is 10.3 Å². The number of benzene rings is 1. The first-order valence-corrected chi connectivity index (χ1v) is 8.35. The lowest BCUT2D eigenvalue weighted by Crippen LogP contribution is -2.34. The van der Waals surface area contributed by atoms with Gasteiger partial charge in [0.2, 0.25) is 0 Å². The van der Waals surface area contributed by atoms with Crippen molar-refractivity contribution in [3.8, 4) is 11.1 Å². The monoisotopic (exact) mass is 344 g/mol. The Morgan fingerprint density at radius 3 is 2.44 bits per heavy atom. The van der Waals surface area contributed by atoms with Crippen molar-refractivity contribution in [3.63, 3.8) is 0 Å². The van der Waals surface area contributed by atoms with E-state index in [1.54, 1.807) is 12.3 Å². The number of alkyl halides is 1. The molecular formula is C20H25FN2O2. The molecule has 0 bridgehead atoms. The van der Waals surface area contributed by atoms with Crippen molar-refractivity contribution in [2.45, 2.75) is 52.4 Å². The number of alkyl carbamates (subject to hydrolysis) is 1. The highest BCUT2D eigenvalue weighted by atomic mass is 19.1. The molecule has 4 nitrogen and oxygen atoms in total. The van der Waals surface area contributed by atoms with Gasteiger partial charge in [0, 0.05) is 11.8 Å². The molecule has 1 amide bonds. The van der Waals surface area contributed by atoms with E-state index in [1.807, 2.05) is 58.0 Å². The van der Waals surface area contributed by atoms with Crippen LogP contribution in [0, 0.1) is 0 Å². The molecule has 0 saturated carbocycles. The van der Waals surface area contributed by atoms with Crippen LogP contribution in [-0.4, -0.2) is 16.7 Å². The number of pyridine rings is 1. The van der Waals surface area contributed by atoms with Crippen LogP contribution in [0.1, 0.15) is 58.1 Å². The van der Waals surface area contributed by atoms with Gasteiger partial charge in [0.05, 0.1) is 11.7 Å². The Hall–Kier alpha value is -2.43. The van der Waals surface area contributed by atoms with Crippen LogP contribution in [0.3, 0.4) is 0 Å². The fourth-order valence-corrected chi connectivity index (χ4v) is 2.36. The summed E-state index contributed by atoms with van der Waals surface area (Å²) in [5.41, 5.74) is 2.63. The number of nitrogens with zero attached hydrogens (tertiary/aromatic N) is 1. The van der Waals surface area contributed by atoms with Gasteiger partial charge in [-0.25, -0.2) is 9.18 Å². The van der Waals surface area contributed by atoms with E-state index in [-0.39, 0.29) is 6.04 Å². The number of hydrogen-bond acceptors (Lipinski definition) is 3. The quantitative estimate of drug-likeness (QED) is 0.812. The Balaban J connectivity index is 2.09. The molecule has 5 heteroatoms. The van der Waals surface area contributed by atoms with Crippen molar-refractivity contribution in [3.05, 3.63) is 53.9 Å². The van der Waals surface area contributed by atoms with E-state index in [9.17, 15) is 9.18 Å². The van der Waals surface area contributed by atoms with Gasteiger partial charge in [0.25, 0.3) is 0 Å². The molecule has 1 aromatic carbocycles. The summed E-state index contributed by atoms with van der Waals surface area (Å²) in [5.74, 6) is 0. The summed E-state index contributed by atoms with van der Waals surface area (Å²) >= 11 is 0. The van der Waals surface area contributed by atoms with Crippen LogP contribution >= 0.6 is 0 Å². The predicted octanol–water partition coefficient (Wildman–Crippen LogP) is 5.36. The second-order valence-electron chi connectivity index (χ2n) is 7.08. The Bertz CT molecular complexity index is 721. The molecule has 0 aliphatic heterocycles. The van der Waals surface area contributed by atoms with E-state index in [0.717, 1.165) is 16.8 Å². The van der Waals surface area contributed by atoms with E-state index in [1.165, 1.54) is 6.92 Å². The molecule has 1 N–H and O–H groups in total. The summed E-state index contributed by atoms with van der Waals surface area (Å²) < 4.78 is 18.7. The summed E-state index contributed by atoms with van der Waals surface area (Å²) in [6, 6.07) is 10.8. The fourth-order valence-electron chi connectivity index (χ4n) is 2.36. The van der Waals surface area contributed by atoms with Crippen LogP contribution in [0.4, 0.5) is 9.18 Å². The molecule has 0 spiro atoms. The van der Waals surface area contributed by atoms with Gasteiger partial charge in [0.1, 0.15) is 11.8 Å². The maximum atomic E-state index is 13.5. The highest BCUT2D eigenvalue weighted by Crippen LogP contribution is 2.25. The molecule has 25 heavy (non-hydrogen) atoms. The van der Waals surface area contributed by atoms with Crippen LogP contribution in [0.5, 0.6) is 0 Å².